The number of rotatable bonds is 3. The Morgan fingerprint density at radius 2 is 2.11 bits per heavy atom. The zero-order chi connectivity index (χ0) is 18.6. The molecule has 1 fully saturated rings. The molecule has 0 aliphatic carbocycles. The van der Waals surface area contributed by atoms with Crippen LogP contribution in [0, 0.1) is 0 Å². The van der Waals surface area contributed by atoms with Gasteiger partial charge in [0.25, 0.3) is 0 Å². The molecule has 4 aromatic rings. The normalized spacial score (nSPS) is 17.2. The van der Waals surface area contributed by atoms with E-state index >= 15 is 0 Å². The van der Waals surface area contributed by atoms with Gasteiger partial charge in [0.2, 0.25) is 0 Å². The molecule has 140 valence electrons. The third-order valence-corrected chi connectivity index (χ3v) is 6.70. The van der Waals surface area contributed by atoms with Gasteiger partial charge in [-0.25, -0.2) is 9.97 Å². The highest BCUT2D eigenvalue weighted by atomic mass is 32.1. The first-order valence-corrected chi connectivity index (χ1v) is 11.2. The van der Waals surface area contributed by atoms with Crippen molar-refractivity contribution in [2.24, 2.45) is 0 Å². The SMILES string of the molecule is CCN1CCCC1C.c1cc(Nc2ccc3scnc3c2)c2ccsc2n1. The van der Waals surface area contributed by atoms with Gasteiger partial charge in [-0.05, 0) is 68.6 Å². The summed E-state index contributed by atoms with van der Waals surface area (Å²) >= 11 is 3.31. The lowest BCUT2D eigenvalue weighted by Crippen LogP contribution is -2.25. The summed E-state index contributed by atoms with van der Waals surface area (Å²) in [7, 11) is 0. The Hall–Kier alpha value is -2.02. The van der Waals surface area contributed by atoms with E-state index in [0.29, 0.717) is 0 Å². The van der Waals surface area contributed by atoms with E-state index in [9.17, 15) is 0 Å². The molecule has 1 unspecified atom stereocenters. The molecule has 0 amide bonds. The summed E-state index contributed by atoms with van der Waals surface area (Å²) in [5, 5.41) is 6.67. The van der Waals surface area contributed by atoms with Crippen LogP contribution in [0.1, 0.15) is 26.7 Å². The van der Waals surface area contributed by atoms with E-state index in [1.807, 2.05) is 17.8 Å². The number of pyridine rings is 1. The van der Waals surface area contributed by atoms with E-state index in [1.54, 1.807) is 22.7 Å². The first kappa shape index (κ1) is 18.3. The lowest BCUT2D eigenvalue weighted by molar-refractivity contribution is 0.284. The Labute approximate surface area is 167 Å². The van der Waals surface area contributed by atoms with Crippen LogP contribution in [0.3, 0.4) is 0 Å². The van der Waals surface area contributed by atoms with Crippen LogP contribution in [-0.2, 0) is 0 Å². The summed E-state index contributed by atoms with van der Waals surface area (Å²) in [6, 6.07) is 11.2. The molecule has 5 rings (SSSR count). The zero-order valence-electron chi connectivity index (χ0n) is 15.7. The number of likely N-dealkylation sites (tertiary alicyclic amines) is 1. The summed E-state index contributed by atoms with van der Waals surface area (Å²) in [4.78, 5) is 12.3. The van der Waals surface area contributed by atoms with Crippen molar-refractivity contribution >= 4 is 54.5 Å². The molecule has 1 aliphatic heterocycles. The van der Waals surface area contributed by atoms with Gasteiger partial charge in [-0.3, -0.25) is 0 Å². The number of benzene rings is 1. The van der Waals surface area contributed by atoms with Gasteiger partial charge in [0.05, 0.1) is 21.4 Å². The lowest BCUT2D eigenvalue weighted by Gasteiger charge is -2.17. The number of anilines is 2. The van der Waals surface area contributed by atoms with Crippen LogP contribution in [-0.4, -0.2) is 34.0 Å². The number of thiazole rings is 1. The second-order valence-corrected chi connectivity index (χ2v) is 8.56. The van der Waals surface area contributed by atoms with E-state index in [1.165, 1.54) is 30.6 Å². The molecule has 1 N–H and O–H groups in total. The monoisotopic (exact) mass is 396 g/mol. The summed E-state index contributed by atoms with van der Waals surface area (Å²) in [6.45, 7) is 7.12. The van der Waals surface area contributed by atoms with Gasteiger partial charge in [0.15, 0.2) is 0 Å². The Morgan fingerprint density at radius 1 is 1.19 bits per heavy atom. The van der Waals surface area contributed by atoms with Crippen LogP contribution in [0.25, 0.3) is 20.4 Å². The summed E-state index contributed by atoms with van der Waals surface area (Å²) in [5.74, 6) is 0. The minimum absolute atomic E-state index is 0.861. The number of thiophene rings is 1. The summed E-state index contributed by atoms with van der Waals surface area (Å²) in [5.41, 5.74) is 5.04. The highest BCUT2D eigenvalue weighted by molar-refractivity contribution is 7.17. The number of hydrogen-bond acceptors (Lipinski definition) is 6. The third-order valence-electron chi connectivity index (χ3n) is 5.07. The van der Waals surface area contributed by atoms with Crippen molar-refractivity contribution < 1.29 is 0 Å². The Balaban J connectivity index is 0.000000190. The molecule has 0 saturated carbocycles. The molecule has 1 atom stereocenters. The number of nitrogens with zero attached hydrogens (tertiary/aromatic N) is 3. The molecule has 6 heteroatoms. The van der Waals surface area contributed by atoms with Crippen LogP contribution >= 0.6 is 22.7 Å². The molecule has 4 nitrogen and oxygen atoms in total. The van der Waals surface area contributed by atoms with Gasteiger partial charge >= 0.3 is 0 Å². The van der Waals surface area contributed by atoms with Crippen molar-refractivity contribution in [1.82, 2.24) is 14.9 Å². The number of fused-ring (bicyclic) bond motifs is 2. The fourth-order valence-electron chi connectivity index (χ4n) is 3.54. The van der Waals surface area contributed by atoms with Crippen molar-refractivity contribution in [2.75, 3.05) is 18.4 Å². The minimum atomic E-state index is 0.861. The fraction of sp³-hybridized carbons (Fsp3) is 0.333. The maximum Gasteiger partial charge on any atom is 0.125 e. The summed E-state index contributed by atoms with van der Waals surface area (Å²) in [6.07, 6.45) is 4.66. The van der Waals surface area contributed by atoms with Gasteiger partial charge in [0, 0.05) is 23.3 Å². The average Bonchev–Trinajstić information content (AvgIpc) is 3.42. The van der Waals surface area contributed by atoms with Crippen molar-refractivity contribution in [2.45, 2.75) is 32.7 Å². The van der Waals surface area contributed by atoms with Crippen LogP contribution in [0.15, 0.2) is 47.4 Å². The molecule has 3 aromatic heterocycles. The van der Waals surface area contributed by atoms with E-state index in [0.717, 1.165) is 33.1 Å². The molecule has 0 bridgehead atoms. The van der Waals surface area contributed by atoms with Crippen LogP contribution in [0.2, 0.25) is 0 Å². The maximum absolute atomic E-state index is 4.35. The average molecular weight is 397 g/mol. The minimum Gasteiger partial charge on any atom is -0.355 e. The number of aromatic nitrogens is 2. The quantitative estimate of drug-likeness (QED) is 0.451. The standard InChI is InChI=1S/C14H9N3S2.C7H15N/c1-2-13-12(16-8-19-13)7-9(1)17-11-3-5-15-14-10(11)4-6-18-14;1-3-8-6-4-5-7(8)2/h1-8H,(H,15,17);7H,3-6H2,1-2H3. The number of nitrogens with one attached hydrogen (secondary N) is 1. The van der Waals surface area contributed by atoms with E-state index < -0.39 is 0 Å². The van der Waals surface area contributed by atoms with Crippen molar-refractivity contribution in [1.29, 1.82) is 0 Å². The van der Waals surface area contributed by atoms with Crippen molar-refractivity contribution in [3.05, 3.63) is 47.4 Å². The molecule has 27 heavy (non-hydrogen) atoms. The molecule has 1 aromatic carbocycles. The van der Waals surface area contributed by atoms with Crippen molar-refractivity contribution in [3.63, 3.8) is 0 Å². The first-order valence-electron chi connectivity index (χ1n) is 9.41. The molecule has 1 saturated heterocycles. The van der Waals surface area contributed by atoms with Gasteiger partial charge in [-0.2, -0.15) is 0 Å². The Morgan fingerprint density at radius 3 is 2.89 bits per heavy atom. The molecule has 0 radical (unpaired) electrons. The van der Waals surface area contributed by atoms with Gasteiger partial charge in [-0.1, -0.05) is 6.92 Å². The topological polar surface area (TPSA) is 41.0 Å². The third kappa shape index (κ3) is 4.13. The second-order valence-electron chi connectivity index (χ2n) is 6.78. The van der Waals surface area contributed by atoms with Gasteiger partial charge in [0.1, 0.15) is 4.83 Å². The van der Waals surface area contributed by atoms with Crippen LogP contribution in [0.4, 0.5) is 11.4 Å². The second kappa shape index (κ2) is 8.33. The molecular formula is C21H24N4S2. The zero-order valence-corrected chi connectivity index (χ0v) is 17.3. The summed E-state index contributed by atoms with van der Waals surface area (Å²) < 4.78 is 1.21. The number of hydrogen-bond donors (Lipinski definition) is 1. The molecule has 1 aliphatic rings. The van der Waals surface area contributed by atoms with Crippen LogP contribution in [0.5, 0.6) is 0 Å². The Kier molecular flexibility index (Phi) is 5.66. The Bertz CT molecular complexity index is 1020. The van der Waals surface area contributed by atoms with E-state index in [2.05, 4.69) is 63.7 Å². The van der Waals surface area contributed by atoms with E-state index in [-0.39, 0.29) is 0 Å². The predicted octanol–water partition coefficient (Wildman–Crippen LogP) is 6.14. The largest absolute Gasteiger partial charge is 0.355 e. The molecular weight excluding hydrogens is 372 g/mol. The molecule has 0 spiro atoms. The smallest absolute Gasteiger partial charge is 0.125 e. The highest BCUT2D eigenvalue weighted by Crippen LogP contribution is 2.29. The predicted molar refractivity (Wildman–Crippen MR) is 118 cm³/mol. The first-order chi connectivity index (χ1) is 13.2. The van der Waals surface area contributed by atoms with Gasteiger partial charge < -0.3 is 10.2 Å². The molecule has 4 heterocycles. The lowest BCUT2D eigenvalue weighted by atomic mass is 10.2. The van der Waals surface area contributed by atoms with E-state index in [4.69, 9.17) is 0 Å². The highest BCUT2D eigenvalue weighted by Gasteiger charge is 2.17. The van der Waals surface area contributed by atoms with Crippen LogP contribution < -0.4 is 5.32 Å². The van der Waals surface area contributed by atoms with Crippen molar-refractivity contribution in [3.8, 4) is 0 Å². The fourth-order valence-corrected chi connectivity index (χ4v) is 4.96. The maximum atomic E-state index is 4.35. The van der Waals surface area contributed by atoms with Gasteiger partial charge in [-0.15, -0.1) is 22.7 Å².